The van der Waals surface area contributed by atoms with Gasteiger partial charge in [-0.05, 0) is 24.7 Å². The Balaban J connectivity index is 2.14. The van der Waals surface area contributed by atoms with Crippen molar-refractivity contribution in [2.75, 3.05) is 0 Å². The summed E-state index contributed by atoms with van der Waals surface area (Å²) in [6.45, 7) is 0. The first-order valence-electron chi connectivity index (χ1n) is 4.63. The lowest BCUT2D eigenvalue weighted by atomic mass is 9.83. The molecule has 0 saturated carbocycles. The summed E-state index contributed by atoms with van der Waals surface area (Å²) >= 11 is 0. The monoisotopic (exact) mass is 158 g/mol. The van der Waals surface area contributed by atoms with Crippen molar-refractivity contribution < 1.29 is 0 Å². The molecule has 1 unspecified atom stereocenters. The van der Waals surface area contributed by atoms with Crippen LogP contribution in [0.4, 0.5) is 0 Å². The standard InChI is InChI=1S/C12H14/c1-2-4-8-12-10-6-5-9-11(12)7-3-1/h1-6,9-12H,7-8H2/t11-,12?/m0/s1. The van der Waals surface area contributed by atoms with E-state index >= 15 is 0 Å². The molecule has 12 heavy (non-hydrogen) atoms. The summed E-state index contributed by atoms with van der Waals surface area (Å²) in [7, 11) is 0. The normalized spacial score (nSPS) is 32.7. The van der Waals surface area contributed by atoms with Crippen molar-refractivity contribution in [3.8, 4) is 0 Å². The number of hydrogen-bond acceptors (Lipinski definition) is 0. The molecule has 0 fully saturated rings. The highest BCUT2D eigenvalue weighted by molar-refractivity contribution is 5.18. The van der Waals surface area contributed by atoms with Gasteiger partial charge in [0.25, 0.3) is 0 Å². The molecule has 0 bridgehead atoms. The number of fused-ring (bicyclic) bond motifs is 1. The average molecular weight is 158 g/mol. The van der Waals surface area contributed by atoms with Crippen LogP contribution in [-0.2, 0) is 0 Å². The Labute approximate surface area is 74.0 Å². The van der Waals surface area contributed by atoms with Gasteiger partial charge in [0, 0.05) is 0 Å². The molecule has 2 aliphatic rings. The summed E-state index contributed by atoms with van der Waals surface area (Å²) in [5.74, 6) is 1.47. The van der Waals surface area contributed by atoms with Crippen LogP contribution in [0.1, 0.15) is 12.8 Å². The van der Waals surface area contributed by atoms with Crippen molar-refractivity contribution in [3.63, 3.8) is 0 Å². The average Bonchev–Trinajstić information content (AvgIpc) is 2.06. The minimum Gasteiger partial charge on any atom is -0.0839 e. The van der Waals surface area contributed by atoms with Gasteiger partial charge in [-0.2, -0.15) is 0 Å². The van der Waals surface area contributed by atoms with E-state index in [2.05, 4.69) is 48.6 Å². The van der Waals surface area contributed by atoms with Crippen LogP contribution < -0.4 is 0 Å². The second-order valence-electron chi connectivity index (χ2n) is 3.43. The highest BCUT2D eigenvalue weighted by atomic mass is 14.2. The molecule has 2 rings (SSSR count). The van der Waals surface area contributed by atoms with Crippen molar-refractivity contribution in [2.45, 2.75) is 12.8 Å². The third-order valence-electron chi connectivity index (χ3n) is 2.58. The van der Waals surface area contributed by atoms with Gasteiger partial charge in [-0.3, -0.25) is 0 Å². The quantitative estimate of drug-likeness (QED) is 0.507. The SMILES string of the molecule is C1=CCC2C=CC=C[C@@H]2CC=C1. The molecule has 0 aliphatic heterocycles. The zero-order chi connectivity index (χ0) is 8.23. The molecular weight excluding hydrogens is 144 g/mol. The Bertz CT molecular complexity index is 225. The third-order valence-corrected chi connectivity index (χ3v) is 2.58. The third kappa shape index (κ3) is 1.58. The molecule has 0 N–H and O–H groups in total. The first kappa shape index (κ1) is 7.60. The van der Waals surface area contributed by atoms with E-state index in [0.29, 0.717) is 0 Å². The number of hydrogen-bond donors (Lipinski definition) is 0. The minimum atomic E-state index is 0.733. The summed E-state index contributed by atoms with van der Waals surface area (Å²) < 4.78 is 0. The van der Waals surface area contributed by atoms with Crippen LogP contribution in [0, 0.1) is 11.8 Å². The van der Waals surface area contributed by atoms with E-state index in [-0.39, 0.29) is 0 Å². The van der Waals surface area contributed by atoms with Gasteiger partial charge in [-0.15, -0.1) is 0 Å². The molecule has 0 aromatic carbocycles. The van der Waals surface area contributed by atoms with Gasteiger partial charge in [-0.25, -0.2) is 0 Å². The molecule has 0 radical (unpaired) electrons. The van der Waals surface area contributed by atoms with Crippen molar-refractivity contribution in [1.29, 1.82) is 0 Å². The van der Waals surface area contributed by atoms with Crippen LogP contribution in [0.5, 0.6) is 0 Å². The maximum atomic E-state index is 2.33. The van der Waals surface area contributed by atoms with Gasteiger partial charge >= 0.3 is 0 Å². The summed E-state index contributed by atoms with van der Waals surface area (Å²) in [4.78, 5) is 0. The van der Waals surface area contributed by atoms with Gasteiger partial charge in [0.15, 0.2) is 0 Å². The van der Waals surface area contributed by atoms with Gasteiger partial charge in [0.05, 0.1) is 0 Å². The molecule has 0 amide bonds. The lowest BCUT2D eigenvalue weighted by Crippen LogP contribution is -2.11. The second kappa shape index (κ2) is 3.57. The lowest BCUT2D eigenvalue weighted by Gasteiger charge is -2.22. The Morgan fingerprint density at radius 2 is 1.17 bits per heavy atom. The van der Waals surface area contributed by atoms with Gasteiger partial charge in [-0.1, -0.05) is 48.6 Å². The summed E-state index contributed by atoms with van der Waals surface area (Å²) in [5, 5.41) is 0. The fourth-order valence-corrected chi connectivity index (χ4v) is 1.83. The van der Waals surface area contributed by atoms with Crippen LogP contribution in [0.3, 0.4) is 0 Å². The van der Waals surface area contributed by atoms with Crippen molar-refractivity contribution >= 4 is 0 Å². The number of rotatable bonds is 0. The Morgan fingerprint density at radius 1 is 0.667 bits per heavy atom. The molecule has 0 heteroatoms. The molecule has 0 heterocycles. The number of allylic oxidation sites excluding steroid dienone is 8. The first-order valence-corrected chi connectivity index (χ1v) is 4.63. The van der Waals surface area contributed by atoms with E-state index in [0.717, 1.165) is 11.8 Å². The fraction of sp³-hybridized carbons (Fsp3) is 0.333. The van der Waals surface area contributed by atoms with E-state index in [1.54, 1.807) is 0 Å². The Hall–Kier alpha value is -1.04. The van der Waals surface area contributed by atoms with Crippen LogP contribution in [0.25, 0.3) is 0 Å². The largest absolute Gasteiger partial charge is 0.0839 e. The van der Waals surface area contributed by atoms with Crippen LogP contribution in [0.15, 0.2) is 48.6 Å². The smallest absolute Gasteiger partial charge is 0.0130 e. The summed E-state index contributed by atoms with van der Waals surface area (Å²) in [6.07, 6.45) is 20.2. The molecule has 2 aliphatic carbocycles. The van der Waals surface area contributed by atoms with Gasteiger partial charge in [0.1, 0.15) is 0 Å². The fourth-order valence-electron chi connectivity index (χ4n) is 1.83. The lowest BCUT2D eigenvalue weighted by molar-refractivity contribution is 0.477. The van der Waals surface area contributed by atoms with Crippen LogP contribution >= 0.6 is 0 Å². The molecule has 0 spiro atoms. The first-order chi connectivity index (χ1) is 5.97. The van der Waals surface area contributed by atoms with Crippen LogP contribution in [-0.4, -0.2) is 0 Å². The highest BCUT2D eigenvalue weighted by Gasteiger charge is 2.16. The molecule has 0 saturated heterocycles. The minimum absolute atomic E-state index is 0.733. The summed E-state index contributed by atoms with van der Waals surface area (Å²) in [5.41, 5.74) is 0. The van der Waals surface area contributed by atoms with Gasteiger partial charge < -0.3 is 0 Å². The topological polar surface area (TPSA) is 0 Å². The molecule has 62 valence electrons. The molecule has 2 atom stereocenters. The summed E-state index contributed by atoms with van der Waals surface area (Å²) in [6, 6.07) is 0. The molecular formula is C12H14. The molecule has 0 aromatic heterocycles. The Morgan fingerprint density at radius 3 is 1.67 bits per heavy atom. The van der Waals surface area contributed by atoms with E-state index in [9.17, 15) is 0 Å². The van der Waals surface area contributed by atoms with E-state index in [1.807, 2.05) is 0 Å². The predicted octanol–water partition coefficient (Wildman–Crippen LogP) is 3.25. The zero-order valence-corrected chi connectivity index (χ0v) is 7.19. The van der Waals surface area contributed by atoms with Gasteiger partial charge in [0.2, 0.25) is 0 Å². The predicted molar refractivity (Wildman–Crippen MR) is 52.8 cm³/mol. The van der Waals surface area contributed by atoms with E-state index in [1.165, 1.54) is 12.8 Å². The second-order valence-corrected chi connectivity index (χ2v) is 3.43. The maximum absolute atomic E-state index is 2.33. The van der Waals surface area contributed by atoms with Crippen LogP contribution in [0.2, 0.25) is 0 Å². The van der Waals surface area contributed by atoms with E-state index in [4.69, 9.17) is 0 Å². The zero-order valence-electron chi connectivity index (χ0n) is 7.19. The van der Waals surface area contributed by atoms with Crippen molar-refractivity contribution in [3.05, 3.63) is 48.6 Å². The molecule has 0 nitrogen and oxygen atoms in total. The van der Waals surface area contributed by atoms with E-state index < -0.39 is 0 Å². The van der Waals surface area contributed by atoms with Crippen molar-refractivity contribution in [1.82, 2.24) is 0 Å². The maximum Gasteiger partial charge on any atom is -0.0130 e. The highest BCUT2D eigenvalue weighted by Crippen LogP contribution is 2.27. The Kier molecular flexibility index (Phi) is 2.26. The van der Waals surface area contributed by atoms with Crippen molar-refractivity contribution in [2.24, 2.45) is 11.8 Å². The molecule has 0 aromatic rings.